The van der Waals surface area contributed by atoms with Gasteiger partial charge in [-0.2, -0.15) is 0 Å². The van der Waals surface area contributed by atoms with Crippen molar-refractivity contribution in [3.8, 4) is 11.5 Å². The number of ether oxygens (including phenoxy) is 1. The van der Waals surface area contributed by atoms with Gasteiger partial charge < -0.3 is 14.9 Å². The standard InChI is InChI=1S/C16H12O5/c1-8(17)21-12-7-3-5-10-14(12)16(20)9-4-2-6-11(18)13(9)15(10)19/h2-8,17-18H,1H3. The lowest BCUT2D eigenvalue weighted by molar-refractivity contribution is -0.000813. The fraction of sp³-hybridized carbons (Fsp3) is 0.125. The minimum absolute atomic E-state index is 0.00389. The van der Waals surface area contributed by atoms with Crippen LogP contribution >= 0.6 is 0 Å². The lowest BCUT2D eigenvalue weighted by atomic mass is 9.83. The van der Waals surface area contributed by atoms with Gasteiger partial charge in [0, 0.05) is 11.1 Å². The number of phenolic OH excluding ortho intramolecular Hbond substituents is 1. The fourth-order valence-electron chi connectivity index (χ4n) is 2.47. The van der Waals surface area contributed by atoms with Crippen molar-refractivity contribution in [3.63, 3.8) is 0 Å². The first-order chi connectivity index (χ1) is 10.0. The smallest absolute Gasteiger partial charge is 0.198 e. The first kappa shape index (κ1) is 13.3. The first-order valence-corrected chi connectivity index (χ1v) is 6.40. The van der Waals surface area contributed by atoms with Crippen LogP contribution in [-0.2, 0) is 0 Å². The molecule has 1 unspecified atom stereocenters. The van der Waals surface area contributed by atoms with Crippen LogP contribution in [0.1, 0.15) is 38.8 Å². The van der Waals surface area contributed by atoms with Crippen molar-refractivity contribution in [1.82, 2.24) is 0 Å². The van der Waals surface area contributed by atoms with E-state index in [1.54, 1.807) is 6.07 Å². The number of hydrogen-bond acceptors (Lipinski definition) is 5. The van der Waals surface area contributed by atoms with E-state index in [1.807, 2.05) is 0 Å². The summed E-state index contributed by atoms with van der Waals surface area (Å²) in [6, 6.07) is 8.93. The molecule has 5 nitrogen and oxygen atoms in total. The van der Waals surface area contributed by atoms with Crippen LogP contribution in [0.4, 0.5) is 0 Å². The topological polar surface area (TPSA) is 83.8 Å². The molecule has 1 aliphatic rings. The van der Waals surface area contributed by atoms with Crippen molar-refractivity contribution in [2.24, 2.45) is 0 Å². The summed E-state index contributed by atoms with van der Waals surface area (Å²) in [5.41, 5.74) is 0.409. The van der Waals surface area contributed by atoms with Crippen molar-refractivity contribution >= 4 is 11.6 Å². The Balaban J connectivity index is 2.26. The van der Waals surface area contributed by atoms with Crippen molar-refractivity contribution in [2.75, 3.05) is 0 Å². The van der Waals surface area contributed by atoms with Gasteiger partial charge >= 0.3 is 0 Å². The molecule has 5 heteroatoms. The largest absolute Gasteiger partial charge is 0.507 e. The Kier molecular flexibility index (Phi) is 2.99. The molecule has 2 aromatic rings. The number of aliphatic hydroxyl groups is 1. The van der Waals surface area contributed by atoms with E-state index < -0.39 is 17.9 Å². The van der Waals surface area contributed by atoms with E-state index >= 15 is 0 Å². The lowest BCUT2D eigenvalue weighted by Crippen LogP contribution is -2.23. The number of carbonyl (C=O) groups is 2. The molecule has 0 heterocycles. The normalized spacial score (nSPS) is 14.4. The summed E-state index contributed by atoms with van der Waals surface area (Å²) in [6.45, 7) is 1.41. The second-order valence-corrected chi connectivity index (χ2v) is 4.75. The van der Waals surface area contributed by atoms with Gasteiger partial charge in [0.15, 0.2) is 17.9 Å². The summed E-state index contributed by atoms with van der Waals surface area (Å²) in [5, 5.41) is 19.2. The molecule has 1 atom stereocenters. The lowest BCUT2D eigenvalue weighted by Gasteiger charge is -2.21. The van der Waals surface area contributed by atoms with Gasteiger partial charge in [-0.3, -0.25) is 9.59 Å². The number of benzene rings is 2. The van der Waals surface area contributed by atoms with Gasteiger partial charge in [-0.15, -0.1) is 0 Å². The summed E-state index contributed by atoms with van der Waals surface area (Å²) in [5.74, 6) is -0.923. The highest BCUT2D eigenvalue weighted by Gasteiger charge is 2.34. The van der Waals surface area contributed by atoms with E-state index in [-0.39, 0.29) is 33.8 Å². The summed E-state index contributed by atoms with van der Waals surface area (Å²) in [7, 11) is 0. The Morgan fingerprint density at radius 1 is 0.952 bits per heavy atom. The average Bonchev–Trinajstić information content (AvgIpc) is 2.44. The van der Waals surface area contributed by atoms with Crippen LogP contribution in [0.15, 0.2) is 36.4 Å². The van der Waals surface area contributed by atoms with Crippen LogP contribution < -0.4 is 4.74 Å². The van der Waals surface area contributed by atoms with Crippen LogP contribution in [0.25, 0.3) is 0 Å². The molecular weight excluding hydrogens is 272 g/mol. The Morgan fingerprint density at radius 3 is 2.19 bits per heavy atom. The fourth-order valence-corrected chi connectivity index (χ4v) is 2.47. The van der Waals surface area contributed by atoms with Crippen molar-refractivity contribution < 1.29 is 24.5 Å². The predicted molar refractivity (Wildman–Crippen MR) is 73.7 cm³/mol. The number of hydrogen-bond donors (Lipinski definition) is 2. The molecule has 0 spiro atoms. The second kappa shape index (κ2) is 4.71. The van der Waals surface area contributed by atoms with Crippen LogP contribution in [-0.4, -0.2) is 28.1 Å². The second-order valence-electron chi connectivity index (χ2n) is 4.75. The highest BCUT2D eigenvalue weighted by atomic mass is 16.6. The van der Waals surface area contributed by atoms with Gasteiger partial charge in [-0.1, -0.05) is 24.3 Å². The minimum Gasteiger partial charge on any atom is -0.507 e. The van der Waals surface area contributed by atoms with Gasteiger partial charge in [0.25, 0.3) is 0 Å². The molecule has 0 saturated heterocycles. The monoisotopic (exact) mass is 284 g/mol. The third-order valence-electron chi connectivity index (χ3n) is 3.31. The predicted octanol–water partition coefficient (Wildman–Crippen LogP) is 1.88. The number of ketones is 2. The van der Waals surface area contributed by atoms with Crippen molar-refractivity contribution in [1.29, 1.82) is 0 Å². The Morgan fingerprint density at radius 2 is 1.52 bits per heavy atom. The third-order valence-corrected chi connectivity index (χ3v) is 3.31. The van der Waals surface area contributed by atoms with Crippen LogP contribution in [0.3, 0.4) is 0 Å². The molecule has 0 saturated carbocycles. The Hall–Kier alpha value is -2.66. The number of fused-ring (bicyclic) bond motifs is 2. The van der Waals surface area contributed by atoms with Crippen molar-refractivity contribution in [2.45, 2.75) is 13.2 Å². The number of phenols is 1. The van der Waals surface area contributed by atoms with Gasteiger partial charge in [0.1, 0.15) is 11.5 Å². The van der Waals surface area contributed by atoms with Gasteiger partial charge in [0.2, 0.25) is 0 Å². The number of aliphatic hydroxyl groups excluding tert-OH is 1. The van der Waals surface area contributed by atoms with E-state index in [0.717, 1.165) is 0 Å². The number of rotatable bonds is 2. The number of aromatic hydroxyl groups is 1. The summed E-state index contributed by atoms with van der Waals surface area (Å²) in [6.07, 6.45) is -1.11. The molecule has 21 heavy (non-hydrogen) atoms. The third kappa shape index (κ3) is 1.98. The quantitative estimate of drug-likeness (QED) is 0.702. The first-order valence-electron chi connectivity index (χ1n) is 6.40. The molecule has 2 aromatic carbocycles. The molecular formula is C16H12O5. The van der Waals surface area contributed by atoms with E-state index in [2.05, 4.69) is 0 Å². The summed E-state index contributed by atoms with van der Waals surface area (Å²) < 4.78 is 5.20. The molecule has 2 N–H and O–H groups in total. The van der Waals surface area contributed by atoms with Crippen molar-refractivity contribution in [3.05, 3.63) is 58.7 Å². The van der Waals surface area contributed by atoms with E-state index in [9.17, 15) is 19.8 Å². The Bertz CT molecular complexity index is 761. The number of carbonyl (C=O) groups excluding carboxylic acids is 2. The molecule has 0 aromatic heterocycles. The zero-order valence-corrected chi connectivity index (χ0v) is 11.2. The van der Waals surface area contributed by atoms with Gasteiger partial charge in [-0.25, -0.2) is 0 Å². The summed E-state index contributed by atoms with van der Waals surface area (Å²) in [4.78, 5) is 25.1. The molecule has 0 radical (unpaired) electrons. The maximum Gasteiger partial charge on any atom is 0.198 e. The summed E-state index contributed by atoms with van der Waals surface area (Å²) >= 11 is 0. The van der Waals surface area contributed by atoms with E-state index in [0.29, 0.717) is 0 Å². The maximum absolute atomic E-state index is 12.6. The molecule has 0 aliphatic heterocycles. The molecule has 1 aliphatic carbocycles. The van der Waals surface area contributed by atoms with Crippen LogP contribution in [0.2, 0.25) is 0 Å². The van der Waals surface area contributed by atoms with Gasteiger partial charge in [0.05, 0.1) is 11.1 Å². The molecule has 0 fully saturated rings. The zero-order valence-electron chi connectivity index (χ0n) is 11.2. The zero-order chi connectivity index (χ0) is 15.1. The SMILES string of the molecule is CC(O)Oc1cccc2c1C(=O)c1cccc(O)c1C2=O. The minimum atomic E-state index is -1.11. The Labute approximate surface area is 120 Å². The van der Waals surface area contributed by atoms with E-state index in [4.69, 9.17) is 4.74 Å². The molecule has 0 bridgehead atoms. The van der Waals surface area contributed by atoms with Crippen LogP contribution in [0, 0.1) is 0 Å². The molecule has 106 valence electrons. The van der Waals surface area contributed by atoms with Gasteiger partial charge in [-0.05, 0) is 19.1 Å². The average molecular weight is 284 g/mol. The highest BCUT2D eigenvalue weighted by Crippen LogP contribution is 2.36. The molecule has 3 rings (SSSR count). The highest BCUT2D eigenvalue weighted by molar-refractivity contribution is 6.30. The molecule has 0 amide bonds. The van der Waals surface area contributed by atoms with E-state index in [1.165, 1.54) is 37.3 Å². The maximum atomic E-state index is 12.6. The van der Waals surface area contributed by atoms with Crippen LogP contribution in [0.5, 0.6) is 11.5 Å².